The van der Waals surface area contributed by atoms with Gasteiger partial charge in [0.1, 0.15) is 5.69 Å². The Morgan fingerprint density at radius 1 is 1.00 bits per heavy atom. The molecule has 1 fully saturated rings. The van der Waals surface area contributed by atoms with Gasteiger partial charge in [-0.1, -0.05) is 60.7 Å². The molecule has 1 aromatic heterocycles. The minimum atomic E-state index is -0.194. The average Bonchev–Trinajstić information content (AvgIpc) is 3.38. The lowest BCUT2D eigenvalue weighted by molar-refractivity contribution is 0.0938. The number of amides is 1. The van der Waals surface area contributed by atoms with E-state index in [4.69, 9.17) is 0 Å². The maximum Gasteiger partial charge on any atom is 0.272 e. The van der Waals surface area contributed by atoms with E-state index in [0.717, 1.165) is 16.8 Å². The van der Waals surface area contributed by atoms with Gasteiger partial charge in [-0.25, -0.2) is 0 Å². The highest BCUT2D eigenvalue weighted by molar-refractivity contribution is 5.93. The van der Waals surface area contributed by atoms with Crippen LogP contribution in [0.1, 0.15) is 52.1 Å². The van der Waals surface area contributed by atoms with Gasteiger partial charge in [0.25, 0.3) is 5.91 Å². The van der Waals surface area contributed by atoms with Crippen molar-refractivity contribution < 1.29 is 4.79 Å². The summed E-state index contributed by atoms with van der Waals surface area (Å²) in [6.45, 7) is 0. The molecule has 1 aliphatic rings. The molecule has 2 N–H and O–H groups in total. The molecule has 120 valence electrons. The Bertz CT molecular complexity index is 783. The summed E-state index contributed by atoms with van der Waals surface area (Å²) >= 11 is 0. The molecule has 4 rings (SSSR count). The van der Waals surface area contributed by atoms with Gasteiger partial charge in [0.2, 0.25) is 0 Å². The highest BCUT2D eigenvalue weighted by Gasteiger charge is 2.27. The van der Waals surface area contributed by atoms with Gasteiger partial charge in [0, 0.05) is 11.6 Å². The SMILES string of the molecule is O=C(NC(c1ccccc1)c1ccccc1)c1cc(C2CC2)[nH]n1. The summed E-state index contributed by atoms with van der Waals surface area (Å²) in [4.78, 5) is 12.7. The highest BCUT2D eigenvalue weighted by Crippen LogP contribution is 2.39. The number of rotatable bonds is 5. The lowest BCUT2D eigenvalue weighted by Gasteiger charge is -2.19. The number of benzene rings is 2. The van der Waals surface area contributed by atoms with E-state index in [2.05, 4.69) is 15.5 Å². The van der Waals surface area contributed by atoms with Crippen LogP contribution in [0.2, 0.25) is 0 Å². The summed E-state index contributed by atoms with van der Waals surface area (Å²) in [5.74, 6) is 0.397. The van der Waals surface area contributed by atoms with Gasteiger partial charge in [-0.2, -0.15) is 5.10 Å². The van der Waals surface area contributed by atoms with Crippen molar-refractivity contribution >= 4 is 5.91 Å². The zero-order valence-corrected chi connectivity index (χ0v) is 13.3. The number of carbonyl (C=O) groups excluding carboxylic acids is 1. The van der Waals surface area contributed by atoms with Crippen molar-refractivity contribution in [2.75, 3.05) is 0 Å². The second-order valence-electron chi connectivity index (χ2n) is 6.21. The summed E-state index contributed by atoms with van der Waals surface area (Å²) < 4.78 is 0. The van der Waals surface area contributed by atoms with Crippen molar-refractivity contribution in [3.63, 3.8) is 0 Å². The van der Waals surface area contributed by atoms with Crippen LogP contribution >= 0.6 is 0 Å². The standard InChI is InChI=1S/C20H19N3O/c24-20(18-13-17(22-23-18)14-11-12-14)21-19(15-7-3-1-4-8-15)16-9-5-2-6-10-16/h1-10,13-14,19H,11-12H2,(H,21,24)(H,22,23). The first-order valence-corrected chi connectivity index (χ1v) is 8.27. The third-order valence-electron chi connectivity index (χ3n) is 4.39. The van der Waals surface area contributed by atoms with E-state index in [1.165, 1.54) is 12.8 Å². The Kier molecular flexibility index (Phi) is 3.87. The summed E-state index contributed by atoms with van der Waals surface area (Å²) in [6, 6.07) is 21.7. The van der Waals surface area contributed by atoms with Gasteiger partial charge in [-0.3, -0.25) is 9.89 Å². The summed E-state index contributed by atoms with van der Waals surface area (Å²) in [6.07, 6.45) is 2.36. The van der Waals surface area contributed by atoms with Crippen LogP contribution in [0.4, 0.5) is 0 Å². The smallest absolute Gasteiger partial charge is 0.272 e. The third-order valence-corrected chi connectivity index (χ3v) is 4.39. The lowest BCUT2D eigenvalue weighted by atomic mass is 9.98. The van der Waals surface area contributed by atoms with Gasteiger partial charge in [0.05, 0.1) is 6.04 Å². The maximum atomic E-state index is 12.7. The first-order chi connectivity index (χ1) is 11.8. The number of hydrogen-bond donors (Lipinski definition) is 2. The second kappa shape index (κ2) is 6.32. The zero-order chi connectivity index (χ0) is 16.4. The molecule has 1 aliphatic carbocycles. The molecule has 0 radical (unpaired) electrons. The number of carbonyl (C=O) groups is 1. The summed E-state index contributed by atoms with van der Waals surface area (Å²) in [5.41, 5.74) is 3.62. The third kappa shape index (κ3) is 3.08. The topological polar surface area (TPSA) is 57.8 Å². The molecule has 0 bridgehead atoms. The van der Waals surface area contributed by atoms with E-state index in [1.807, 2.05) is 66.7 Å². The van der Waals surface area contributed by atoms with Crippen molar-refractivity contribution in [3.05, 3.63) is 89.2 Å². The molecule has 0 spiro atoms. The fraction of sp³-hybridized carbons (Fsp3) is 0.200. The number of aromatic nitrogens is 2. The van der Waals surface area contributed by atoms with Crippen LogP contribution in [0.5, 0.6) is 0 Å². The van der Waals surface area contributed by atoms with Crippen LogP contribution < -0.4 is 5.32 Å². The molecule has 1 heterocycles. The first-order valence-electron chi connectivity index (χ1n) is 8.27. The number of nitrogens with zero attached hydrogens (tertiary/aromatic N) is 1. The van der Waals surface area contributed by atoms with E-state index in [1.54, 1.807) is 0 Å². The van der Waals surface area contributed by atoms with Gasteiger partial charge in [-0.15, -0.1) is 0 Å². The number of aromatic amines is 1. The zero-order valence-electron chi connectivity index (χ0n) is 13.3. The van der Waals surface area contributed by atoms with Crippen LogP contribution in [-0.4, -0.2) is 16.1 Å². The largest absolute Gasteiger partial charge is 0.340 e. The molecule has 0 aliphatic heterocycles. The monoisotopic (exact) mass is 317 g/mol. The van der Waals surface area contributed by atoms with Gasteiger partial charge in [-0.05, 0) is 30.0 Å². The first kappa shape index (κ1) is 14.7. The van der Waals surface area contributed by atoms with Crippen LogP contribution in [-0.2, 0) is 0 Å². The molecule has 3 aromatic rings. The van der Waals surface area contributed by atoms with Crippen LogP contribution in [0.15, 0.2) is 66.7 Å². The maximum absolute atomic E-state index is 12.7. The Morgan fingerprint density at radius 3 is 2.12 bits per heavy atom. The van der Waals surface area contributed by atoms with Gasteiger partial charge < -0.3 is 5.32 Å². The van der Waals surface area contributed by atoms with E-state index in [9.17, 15) is 4.79 Å². The molecular weight excluding hydrogens is 298 g/mol. The highest BCUT2D eigenvalue weighted by atomic mass is 16.2. The molecule has 0 saturated heterocycles. The molecule has 4 heteroatoms. The minimum Gasteiger partial charge on any atom is -0.340 e. The van der Waals surface area contributed by atoms with Crippen molar-refractivity contribution in [2.24, 2.45) is 0 Å². The van der Waals surface area contributed by atoms with E-state index >= 15 is 0 Å². The van der Waals surface area contributed by atoms with Crippen molar-refractivity contribution in [1.29, 1.82) is 0 Å². The second-order valence-corrected chi connectivity index (χ2v) is 6.21. The Labute approximate surface area is 140 Å². The molecule has 1 amide bonds. The van der Waals surface area contributed by atoms with Crippen molar-refractivity contribution in [2.45, 2.75) is 24.8 Å². The molecule has 2 aromatic carbocycles. The van der Waals surface area contributed by atoms with Gasteiger partial charge in [0.15, 0.2) is 0 Å². The molecule has 0 unspecified atom stereocenters. The summed E-state index contributed by atoms with van der Waals surface area (Å²) in [5, 5.41) is 10.3. The number of hydrogen-bond acceptors (Lipinski definition) is 2. The summed E-state index contributed by atoms with van der Waals surface area (Å²) in [7, 11) is 0. The minimum absolute atomic E-state index is 0.157. The molecule has 1 saturated carbocycles. The Morgan fingerprint density at radius 2 is 1.58 bits per heavy atom. The molecular formula is C20H19N3O. The van der Waals surface area contributed by atoms with E-state index in [-0.39, 0.29) is 11.9 Å². The van der Waals surface area contributed by atoms with E-state index < -0.39 is 0 Å². The average molecular weight is 317 g/mol. The Hall–Kier alpha value is -2.88. The number of nitrogens with one attached hydrogen (secondary N) is 2. The fourth-order valence-corrected chi connectivity index (χ4v) is 2.91. The predicted octanol–water partition coefficient (Wildman–Crippen LogP) is 3.81. The van der Waals surface area contributed by atoms with Crippen molar-refractivity contribution in [3.8, 4) is 0 Å². The van der Waals surface area contributed by atoms with E-state index in [0.29, 0.717) is 11.6 Å². The molecule has 4 nitrogen and oxygen atoms in total. The lowest BCUT2D eigenvalue weighted by Crippen LogP contribution is -2.29. The fourth-order valence-electron chi connectivity index (χ4n) is 2.91. The Balaban J connectivity index is 1.60. The molecule has 24 heavy (non-hydrogen) atoms. The van der Waals surface area contributed by atoms with Crippen LogP contribution in [0.25, 0.3) is 0 Å². The molecule has 0 atom stereocenters. The number of H-pyrrole nitrogens is 1. The normalized spacial score (nSPS) is 13.9. The van der Waals surface area contributed by atoms with Crippen LogP contribution in [0.3, 0.4) is 0 Å². The van der Waals surface area contributed by atoms with Crippen molar-refractivity contribution in [1.82, 2.24) is 15.5 Å². The predicted molar refractivity (Wildman–Crippen MR) is 92.8 cm³/mol. The quantitative estimate of drug-likeness (QED) is 0.752. The van der Waals surface area contributed by atoms with Crippen LogP contribution in [0, 0.1) is 0 Å². The van der Waals surface area contributed by atoms with Gasteiger partial charge >= 0.3 is 0 Å².